The van der Waals surface area contributed by atoms with Crippen LogP contribution in [0.1, 0.15) is 59.9 Å². The number of pyridine rings is 1. The van der Waals surface area contributed by atoms with Gasteiger partial charge < -0.3 is 10.4 Å². The number of aliphatic hydroxyl groups is 1. The lowest BCUT2D eigenvalue weighted by atomic mass is 10.1. The minimum absolute atomic E-state index is 0.125. The summed E-state index contributed by atoms with van der Waals surface area (Å²) in [6.07, 6.45) is 3.32. The molecule has 0 radical (unpaired) electrons. The van der Waals surface area contributed by atoms with Gasteiger partial charge >= 0.3 is 0 Å². The highest BCUT2D eigenvalue weighted by Crippen LogP contribution is 2.19. The van der Waals surface area contributed by atoms with Crippen molar-refractivity contribution in [2.24, 2.45) is 0 Å². The smallest absolute Gasteiger partial charge is 0.253 e. The third kappa shape index (κ3) is 4.94. The topological polar surface area (TPSA) is 83.3 Å². The molecule has 7 heteroatoms. The summed E-state index contributed by atoms with van der Waals surface area (Å²) in [5, 5.41) is 17.9. The molecule has 0 aliphatic carbocycles. The molecular formula is C24H31N5O2. The number of nitrogens with zero attached hydrogens (tertiary/aromatic N) is 4. The van der Waals surface area contributed by atoms with Crippen molar-refractivity contribution in [3.05, 3.63) is 58.9 Å². The number of likely N-dealkylation sites (tertiary alicyclic amines) is 1. The molecule has 4 rings (SSSR count). The quantitative estimate of drug-likeness (QED) is 0.639. The molecule has 1 aromatic carbocycles. The second-order valence-corrected chi connectivity index (χ2v) is 8.72. The van der Waals surface area contributed by atoms with Crippen molar-refractivity contribution in [1.82, 2.24) is 25.0 Å². The maximum Gasteiger partial charge on any atom is 0.253 e. The second kappa shape index (κ2) is 9.16. The summed E-state index contributed by atoms with van der Waals surface area (Å²) in [4.78, 5) is 19.8. The maximum atomic E-state index is 12.8. The van der Waals surface area contributed by atoms with Gasteiger partial charge in [0.15, 0.2) is 5.65 Å². The molecule has 0 atom stereocenters. The van der Waals surface area contributed by atoms with E-state index in [2.05, 4.69) is 58.4 Å². The molecule has 3 heterocycles. The molecule has 0 spiro atoms. The lowest BCUT2D eigenvalue weighted by molar-refractivity contribution is 0.0792. The minimum atomic E-state index is -0.145. The maximum absolute atomic E-state index is 12.8. The highest BCUT2D eigenvalue weighted by molar-refractivity contribution is 5.98. The van der Waals surface area contributed by atoms with E-state index in [1.165, 1.54) is 5.56 Å². The van der Waals surface area contributed by atoms with Gasteiger partial charge in [0.25, 0.3) is 5.91 Å². The van der Waals surface area contributed by atoms with Gasteiger partial charge in [-0.15, -0.1) is 0 Å². The molecule has 0 saturated carbocycles. The van der Waals surface area contributed by atoms with E-state index in [-0.39, 0.29) is 18.1 Å². The largest absolute Gasteiger partial charge is 0.393 e. The summed E-state index contributed by atoms with van der Waals surface area (Å²) >= 11 is 0. The monoisotopic (exact) mass is 421 g/mol. The molecule has 1 amide bonds. The first-order valence-electron chi connectivity index (χ1n) is 11.0. The van der Waals surface area contributed by atoms with Crippen LogP contribution < -0.4 is 5.32 Å². The Bertz CT molecular complexity index is 1050. The minimum Gasteiger partial charge on any atom is -0.393 e. The number of fused-ring (bicyclic) bond motifs is 1. The SMILES string of the molecule is Cc1nc2c(cnn2C(C)C)cc1C(=O)NCc1ccc(CN2CCC(O)CC2)cc1. The van der Waals surface area contributed by atoms with Crippen LogP contribution >= 0.6 is 0 Å². The van der Waals surface area contributed by atoms with E-state index in [9.17, 15) is 9.90 Å². The predicted octanol–water partition coefficient (Wildman–Crippen LogP) is 3.21. The Kier molecular flexibility index (Phi) is 6.34. The lowest BCUT2D eigenvalue weighted by Crippen LogP contribution is -2.35. The molecule has 0 unspecified atom stereocenters. The molecular weight excluding hydrogens is 390 g/mol. The number of benzene rings is 1. The molecule has 1 fully saturated rings. The first kappa shape index (κ1) is 21.5. The highest BCUT2D eigenvalue weighted by atomic mass is 16.3. The van der Waals surface area contributed by atoms with Gasteiger partial charge in [-0.05, 0) is 50.8 Å². The fraction of sp³-hybridized carbons (Fsp3) is 0.458. The zero-order valence-corrected chi connectivity index (χ0v) is 18.5. The van der Waals surface area contributed by atoms with Crippen molar-refractivity contribution >= 4 is 16.9 Å². The Morgan fingerprint density at radius 2 is 1.87 bits per heavy atom. The molecule has 0 bridgehead atoms. The number of aryl methyl sites for hydroxylation is 1. The summed E-state index contributed by atoms with van der Waals surface area (Å²) in [5.74, 6) is -0.125. The first-order chi connectivity index (χ1) is 14.9. The van der Waals surface area contributed by atoms with Crippen molar-refractivity contribution in [3.63, 3.8) is 0 Å². The predicted molar refractivity (Wildman–Crippen MR) is 121 cm³/mol. The van der Waals surface area contributed by atoms with Crippen LogP contribution in [0.2, 0.25) is 0 Å². The standard InChI is InChI=1S/C24H31N5O2/c1-16(2)29-23-20(14-26-29)12-22(17(3)27-23)24(31)25-13-18-4-6-19(7-5-18)15-28-10-8-21(30)9-11-28/h4-7,12,14,16,21,30H,8-11,13,15H2,1-3H3,(H,25,31). The number of rotatable bonds is 6. The molecule has 3 aromatic rings. The highest BCUT2D eigenvalue weighted by Gasteiger charge is 2.17. The molecule has 2 N–H and O–H groups in total. The number of carbonyl (C=O) groups excluding carboxylic acids is 1. The van der Waals surface area contributed by atoms with Crippen LogP contribution in [-0.4, -0.2) is 49.9 Å². The molecule has 1 saturated heterocycles. The van der Waals surface area contributed by atoms with Gasteiger partial charge in [0.05, 0.1) is 23.6 Å². The van der Waals surface area contributed by atoms with Gasteiger partial charge in [-0.2, -0.15) is 5.10 Å². The van der Waals surface area contributed by atoms with Crippen LogP contribution in [0.25, 0.3) is 11.0 Å². The van der Waals surface area contributed by atoms with E-state index in [4.69, 9.17) is 0 Å². The van der Waals surface area contributed by atoms with Crippen molar-refractivity contribution in [3.8, 4) is 0 Å². The molecule has 2 aromatic heterocycles. The average Bonchev–Trinajstić information content (AvgIpc) is 3.17. The Hall–Kier alpha value is -2.77. The van der Waals surface area contributed by atoms with Crippen molar-refractivity contribution in [2.75, 3.05) is 13.1 Å². The van der Waals surface area contributed by atoms with Crippen molar-refractivity contribution in [2.45, 2.75) is 58.8 Å². The number of nitrogens with one attached hydrogen (secondary N) is 1. The van der Waals surface area contributed by atoms with Crippen molar-refractivity contribution < 1.29 is 9.90 Å². The van der Waals surface area contributed by atoms with E-state index in [1.54, 1.807) is 6.20 Å². The van der Waals surface area contributed by atoms with Crippen LogP contribution in [0.4, 0.5) is 0 Å². The van der Waals surface area contributed by atoms with Gasteiger partial charge in [-0.25, -0.2) is 9.67 Å². The third-order valence-corrected chi connectivity index (χ3v) is 5.93. The number of hydrogen-bond donors (Lipinski definition) is 2. The number of aromatic nitrogens is 3. The summed E-state index contributed by atoms with van der Waals surface area (Å²) in [5.41, 5.74) is 4.40. The normalized spacial score (nSPS) is 15.6. The number of amides is 1. The van der Waals surface area contributed by atoms with Gasteiger partial charge in [-0.3, -0.25) is 9.69 Å². The van der Waals surface area contributed by atoms with Gasteiger partial charge in [0.1, 0.15) is 0 Å². The zero-order chi connectivity index (χ0) is 22.0. The van der Waals surface area contributed by atoms with Crippen LogP contribution in [0.5, 0.6) is 0 Å². The third-order valence-electron chi connectivity index (χ3n) is 5.93. The van der Waals surface area contributed by atoms with E-state index in [1.807, 2.05) is 17.7 Å². The second-order valence-electron chi connectivity index (χ2n) is 8.72. The Morgan fingerprint density at radius 3 is 2.55 bits per heavy atom. The van der Waals surface area contributed by atoms with Gasteiger partial charge in [-0.1, -0.05) is 24.3 Å². The summed E-state index contributed by atoms with van der Waals surface area (Å²) in [6.45, 7) is 9.23. The van der Waals surface area contributed by atoms with Crippen LogP contribution in [-0.2, 0) is 13.1 Å². The van der Waals surface area contributed by atoms with Crippen LogP contribution in [0, 0.1) is 6.92 Å². The van der Waals surface area contributed by atoms with Gasteiger partial charge in [0.2, 0.25) is 0 Å². The average molecular weight is 422 g/mol. The fourth-order valence-corrected chi connectivity index (χ4v) is 4.05. The first-order valence-corrected chi connectivity index (χ1v) is 11.0. The Morgan fingerprint density at radius 1 is 1.19 bits per heavy atom. The summed E-state index contributed by atoms with van der Waals surface area (Å²) in [6, 6.07) is 10.5. The van der Waals surface area contributed by atoms with Gasteiger partial charge in [0, 0.05) is 37.6 Å². The summed E-state index contributed by atoms with van der Waals surface area (Å²) < 4.78 is 1.87. The molecule has 164 valence electrons. The number of hydrogen-bond acceptors (Lipinski definition) is 5. The zero-order valence-electron chi connectivity index (χ0n) is 18.5. The molecule has 7 nitrogen and oxygen atoms in total. The Balaban J connectivity index is 1.37. The van der Waals surface area contributed by atoms with E-state index >= 15 is 0 Å². The lowest BCUT2D eigenvalue weighted by Gasteiger charge is -2.29. The number of aliphatic hydroxyl groups excluding tert-OH is 1. The molecule has 1 aliphatic heterocycles. The van der Waals surface area contributed by atoms with E-state index in [0.717, 1.165) is 49.1 Å². The van der Waals surface area contributed by atoms with Crippen molar-refractivity contribution in [1.29, 1.82) is 0 Å². The Labute approximate surface area is 183 Å². The fourth-order valence-electron chi connectivity index (χ4n) is 4.05. The van der Waals surface area contributed by atoms with Crippen LogP contribution in [0.3, 0.4) is 0 Å². The van der Waals surface area contributed by atoms with E-state index < -0.39 is 0 Å². The number of piperidine rings is 1. The van der Waals surface area contributed by atoms with Crippen LogP contribution in [0.15, 0.2) is 36.5 Å². The molecule has 1 aliphatic rings. The summed E-state index contributed by atoms with van der Waals surface area (Å²) in [7, 11) is 0. The molecule has 31 heavy (non-hydrogen) atoms. The van der Waals surface area contributed by atoms with E-state index in [0.29, 0.717) is 17.8 Å². The number of carbonyl (C=O) groups is 1.